The Bertz CT molecular complexity index is 706. The van der Waals surface area contributed by atoms with Crippen molar-refractivity contribution < 1.29 is 23.8 Å². The van der Waals surface area contributed by atoms with Crippen molar-refractivity contribution in [2.45, 2.75) is 6.61 Å². The van der Waals surface area contributed by atoms with Gasteiger partial charge in [-0.05, 0) is 17.7 Å². The van der Waals surface area contributed by atoms with Gasteiger partial charge in [-0.2, -0.15) is 0 Å². The third kappa shape index (κ3) is 4.05. The van der Waals surface area contributed by atoms with Crippen LogP contribution in [0.5, 0.6) is 0 Å². The molecule has 2 aromatic rings. The number of carbonyl (C=O) groups excluding carboxylic acids is 1. The molecule has 2 aromatic carbocycles. The first kappa shape index (κ1) is 16.0. The van der Waals surface area contributed by atoms with Crippen molar-refractivity contribution in [1.82, 2.24) is 0 Å². The molecule has 0 radical (unpaired) electrons. The average molecular weight is 368 g/mol. The SMILES string of the molecule is O=C(Nc1cc(Br)cc(C(=O)O)c1F)OCc1ccccc1. The van der Waals surface area contributed by atoms with E-state index < -0.39 is 23.4 Å². The molecule has 22 heavy (non-hydrogen) atoms. The predicted molar refractivity (Wildman–Crippen MR) is 81.3 cm³/mol. The van der Waals surface area contributed by atoms with Gasteiger partial charge in [-0.25, -0.2) is 14.0 Å². The maximum absolute atomic E-state index is 14.0. The van der Waals surface area contributed by atoms with Crippen molar-refractivity contribution in [2.24, 2.45) is 0 Å². The van der Waals surface area contributed by atoms with Crippen LogP contribution in [0, 0.1) is 5.82 Å². The minimum absolute atomic E-state index is 0.0219. The van der Waals surface area contributed by atoms with Crippen LogP contribution in [0.3, 0.4) is 0 Å². The van der Waals surface area contributed by atoms with E-state index in [4.69, 9.17) is 9.84 Å². The van der Waals surface area contributed by atoms with Crippen molar-refractivity contribution in [3.05, 3.63) is 63.9 Å². The summed E-state index contributed by atoms with van der Waals surface area (Å²) in [5.74, 6) is -2.47. The molecule has 0 aliphatic heterocycles. The van der Waals surface area contributed by atoms with Crippen LogP contribution in [0.1, 0.15) is 15.9 Å². The first-order chi connectivity index (χ1) is 10.5. The number of anilines is 1. The minimum Gasteiger partial charge on any atom is -0.478 e. The summed E-state index contributed by atoms with van der Waals surface area (Å²) in [5.41, 5.74) is -0.0452. The lowest BCUT2D eigenvalue weighted by Crippen LogP contribution is -2.16. The molecule has 1 amide bonds. The molecule has 2 N–H and O–H groups in total. The van der Waals surface area contributed by atoms with Crippen molar-refractivity contribution in [2.75, 3.05) is 5.32 Å². The number of carboxylic acid groups (broad SMARTS) is 1. The van der Waals surface area contributed by atoms with Gasteiger partial charge in [0, 0.05) is 4.47 Å². The highest BCUT2D eigenvalue weighted by molar-refractivity contribution is 9.10. The normalized spacial score (nSPS) is 10.1. The predicted octanol–water partition coefficient (Wildman–Crippen LogP) is 4.04. The molecule has 0 unspecified atom stereocenters. The summed E-state index contributed by atoms with van der Waals surface area (Å²) in [6.45, 7) is 0.0219. The fourth-order valence-corrected chi connectivity index (χ4v) is 2.16. The van der Waals surface area contributed by atoms with Crippen LogP contribution in [-0.2, 0) is 11.3 Å². The Balaban J connectivity index is 2.07. The number of carboxylic acids is 1. The van der Waals surface area contributed by atoms with E-state index in [1.54, 1.807) is 24.3 Å². The highest BCUT2D eigenvalue weighted by Gasteiger charge is 2.17. The summed E-state index contributed by atoms with van der Waals surface area (Å²) in [6, 6.07) is 11.3. The van der Waals surface area contributed by atoms with Gasteiger partial charge in [-0.3, -0.25) is 5.32 Å². The lowest BCUT2D eigenvalue weighted by atomic mass is 10.2. The van der Waals surface area contributed by atoms with E-state index >= 15 is 0 Å². The van der Waals surface area contributed by atoms with E-state index in [-0.39, 0.29) is 12.3 Å². The summed E-state index contributed by atoms with van der Waals surface area (Å²) < 4.78 is 19.2. The number of amides is 1. The molecule has 0 saturated carbocycles. The maximum atomic E-state index is 14.0. The number of aromatic carboxylic acids is 1. The summed E-state index contributed by atoms with van der Waals surface area (Å²) in [7, 11) is 0. The highest BCUT2D eigenvalue weighted by Crippen LogP contribution is 2.24. The Morgan fingerprint density at radius 1 is 1.23 bits per heavy atom. The Kier molecular flexibility index (Phi) is 5.11. The third-order valence-electron chi connectivity index (χ3n) is 2.72. The molecule has 7 heteroatoms. The standard InChI is InChI=1S/C15H11BrFNO4/c16-10-6-11(14(19)20)13(17)12(7-10)18-15(21)22-8-9-4-2-1-3-5-9/h1-7H,8H2,(H,18,21)(H,19,20). The van der Waals surface area contributed by atoms with Crippen LogP contribution in [0.25, 0.3) is 0 Å². The molecule has 0 aliphatic carbocycles. The zero-order chi connectivity index (χ0) is 16.1. The largest absolute Gasteiger partial charge is 0.478 e. The second-order valence-corrected chi connectivity index (χ2v) is 5.22. The van der Waals surface area contributed by atoms with Crippen LogP contribution >= 0.6 is 15.9 Å². The Morgan fingerprint density at radius 2 is 1.91 bits per heavy atom. The lowest BCUT2D eigenvalue weighted by molar-refractivity contribution is 0.0691. The molecule has 0 aromatic heterocycles. The van der Waals surface area contributed by atoms with E-state index in [9.17, 15) is 14.0 Å². The molecule has 0 fully saturated rings. The molecule has 114 valence electrons. The summed E-state index contributed by atoms with van der Waals surface area (Å²) in [5, 5.41) is 11.1. The molecular formula is C15H11BrFNO4. The average Bonchev–Trinajstić information content (AvgIpc) is 2.49. The number of rotatable bonds is 4. The number of nitrogens with one attached hydrogen (secondary N) is 1. The Labute approximate surface area is 133 Å². The summed E-state index contributed by atoms with van der Waals surface area (Å²) in [4.78, 5) is 22.6. The quantitative estimate of drug-likeness (QED) is 0.854. The molecule has 0 atom stereocenters. The first-order valence-corrected chi connectivity index (χ1v) is 6.96. The monoisotopic (exact) mass is 367 g/mol. The first-order valence-electron chi connectivity index (χ1n) is 6.17. The number of hydrogen-bond donors (Lipinski definition) is 2. The number of ether oxygens (including phenoxy) is 1. The van der Waals surface area contributed by atoms with Crippen molar-refractivity contribution >= 4 is 33.7 Å². The number of halogens is 2. The van der Waals surface area contributed by atoms with Gasteiger partial charge in [-0.1, -0.05) is 46.3 Å². The molecule has 0 heterocycles. The second kappa shape index (κ2) is 7.04. The van der Waals surface area contributed by atoms with Crippen LogP contribution in [0.2, 0.25) is 0 Å². The highest BCUT2D eigenvalue weighted by atomic mass is 79.9. The smallest absolute Gasteiger partial charge is 0.412 e. The fraction of sp³-hybridized carbons (Fsp3) is 0.0667. The Morgan fingerprint density at radius 3 is 2.55 bits per heavy atom. The topological polar surface area (TPSA) is 75.6 Å². The molecule has 0 saturated heterocycles. The van der Waals surface area contributed by atoms with Crippen molar-refractivity contribution in [3.63, 3.8) is 0 Å². The van der Waals surface area contributed by atoms with Gasteiger partial charge in [0.05, 0.1) is 11.3 Å². The van der Waals surface area contributed by atoms with Gasteiger partial charge >= 0.3 is 12.1 Å². The Hall–Kier alpha value is -2.41. The molecule has 2 rings (SSSR count). The molecular weight excluding hydrogens is 357 g/mol. The zero-order valence-electron chi connectivity index (χ0n) is 11.2. The summed E-state index contributed by atoms with van der Waals surface area (Å²) >= 11 is 3.06. The van der Waals surface area contributed by atoms with Gasteiger partial charge in [0.15, 0.2) is 5.82 Å². The molecule has 0 bridgehead atoms. The van der Waals surface area contributed by atoms with Crippen LogP contribution in [0.15, 0.2) is 46.9 Å². The van der Waals surface area contributed by atoms with Crippen LogP contribution in [0.4, 0.5) is 14.9 Å². The van der Waals surface area contributed by atoms with Gasteiger partial charge in [0.1, 0.15) is 6.61 Å². The van der Waals surface area contributed by atoms with Crippen LogP contribution < -0.4 is 5.32 Å². The van der Waals surface area contributed by atoms with E-state index in [0.717, 1.165) is 11.6 Å². The number of carbonyl (C=O) groups is 2. The maximum Gasteiger partial charge on any atom is 0.412 e. The van der Waals surface area contributed by atoms with Crippen LogP contribution in [-0.4, -0.2) is 17.2 Å². The van der Waals surface area contributed by atoms with E-state index in [1.165, 1.54) is 6.07 Å². The third-order valence-corrected chi connectivity index (χ3v) is 3.18. The number of benzene rings is 2. The van der Waals surface area contributed by atoms with Crippen molar-refractivity contribution in [1.29, 1.82) is 0 Å². The number of hydrogen-bond acceptors (Lipinski definition) is 3. The van der Waals surface area contributed by atoms with Gasteiger partial charge < -0.3 is 9.84 Å². The van der Waals surface area contributed by atoms with Gasteiger partial charge in [0.2, 0.25) is 0 Å². The second-order valence-electron chi connectivity index (χ2n) is 4.31. The summed E-state index contributed by atoms with van der Waals surface area (Å²) in [6.07, 6.45) is -0.878. The molecule has 0 aliphatic rings. The van der Waals surface area contributed by atoms with Gasteiger partial charge in [-0.15, -0.1) is 0 Å². The zero-order valence-corrected chi connectivity index (χ0v) is 12.8. The molecule has 5 nitrogen and oxygen atoms in total. The van der Waals surface area contributed by atoms with E-state index in [2.05, 4.69) is 21.2 Å². The molecule has 0 spiro atoms. The van der Waals surface area contributed by atoms with Crippen molar-refractivity contribution in [3.8, 4) is 0 Å². The lowest BCUT2D eigenvalue weighted by Gasteiger charge is -2.10. The minimum atomic E-state index is -1.43. The van der Waals surface area contributed by atoms with E-state index in [0.29, 0.717) is 4.47 Å². The van der Waals surface area contributed by atoms with Gasteiger partial charge in [0.25, 0.3) is 0 Å². The van der Waals surface area contributed by atoms with E-state index in [1.807, 2.05) is 6.07 Å². The fourth-order valence-electron chi connectivity index (χ4n) is 1.70.